The van der Waals surface area contributed by atoms with Crippen molar-refractivity contribution in [3.05, 3.63) is 0 Å². The summed E-state index contributed by atoms with van der Waals surface area (Å²) in [7, 11) is 0. The van der Waals surface area contributed by atoms with Crippen LogP contribution in [-0.2, 0) is 56.8 Å². The number of hydrogen-bond donors (Lipinski definition) is 14. The number of aliphatic hydroxyl groups is 14. The van der Waals surface area contributed by atoms with Crippen LogP contribution in [-0.4, -0.2) is 270 Å². The molecule has 4 saturated carbocycles. The van der Waals surface area contributed by atoms with Crippen molar-refractivity contribution in [3.8, 4) is 0 Å². The third kappa shape index (κ3) is 10.9. The summed E-state index contributed by atoms with van der Waals surface area (Å²) in [5.74, 6) is 2.89. The maximum absolute atomic E-state index is 12.0. The number of hydrogen-bond acceptors (Lipinski definition) is 26. The first-order chi connectivity index (χ1) is 38.6. The summed E-state index contributed by atoms with van der Waals surface area (Å²) in [4.78, 5) is 0. The molecule has 0 aromatic rings. The van der Waals surface area contributed by atoms with Gasteiger partial charge in [-0.2, -0.15) is 0 Å². The molecule has 0 aromatic carbocycles. The molecule has 7 saturated heterocycles. The molecule has 11 rings (SSSR count). The lowest BCUT2D eigenvalue weighted by atomic mass is 9.44. The highest BCUT2D eigenvalue weighted by Gasteiger charge is 2.69. The van der Waals surface area contributed by atoms with Gasteiger partial charge in [0.1, 0.15) is 110 Å². The van der Waals surface area contributed by atoms with Crippen molar-refractivity contribution in [2.75, 3.05) is 39.6 Å². The zero-order chi connectivity index (χ0) is 57.8. The molecule has 26 heteroatoms. The maximum atomic E-state index is 12.0. The predicted molar refractivity (Wildman–Crippen MR) is 269 cm³/mol. The molecular formula is C55H90O26. The molecule has 81 heavy (non-hydrogen) atoms. The maximum Gasteiger partial charge on any atom is 0.187 e. The van der Waals surface area contributed by atoms with Crippen LogP contribution in [0.15, 0.2) is 0 Å². The largest absolute Gasteiger partial charge is 0.394 e. The molecule has 11 fully saturated rings. The summed E-state index contributed by atoms with van der Waals surface area (Å²) in [6.07, 6.45) is -31.5. The zero-order valence-electron chi connectivity index (χ0n) is 46.4. The first-order valence-corrected chi connectivity index (χ1v) is 29.7. The van der Waals surface area contributed by atoms with Gasteiger partial charge in [0.05, 0.1) is 51.8 Å². The monoisotopic (exact) mass is 1170 g/mol. The molecule has 0 amide bonds. The van der Waals surface area contributed by atoms with Crippen LogP contribution in [0.3, 0.4) is 0 Å². The molecule has 14 N–H and O–H groups in total. The Labute approximate surface area is 470 Å². The number of ether oxygens (including phenoxy) is 12. The van der Waals surface area contributed by atoms with E-state index in [1.807, 2.05) is 0 Å². The molecule has 7 aliphatic heterocycles. The van der Waals surface area contributed by atoms with Crippen molar-refractivity contribution >= 4 is 0 Å². The van der Waals surface area contributed by atoms with E-state index >= 15 is 0 Å². The van der Waals surface area contributed by atoms with Gasteiger partial charge in [0.25, 0.3) is 0 Å². The normalized spacial score (nSPS) is 57.6. The highest BCUT2D eigenvalue weighted by Crippen LogP contribution is 2.71. The minimum absolute atomic E-state index is 0.0600. The molecule has 26 nitrogen and oxygen atoms in total. The average molecular weight is 1170 g/mol. The Balaban J connectivity index is 0.780. The quantitative estimate of drug-likeness (QED) is 0.0786. The smallest absolute Gasteiger partial charge is 0.187 e. The van der Waals surface area contributed by atoms with E-state index in [2.05, 4.69) is 27.7 Å². The molecule has 11 aliphatic rings. The summed E-state index contributed by atoms with van der Waals surface area (Å²) >= 11 is 0. The second-order valence-corrected chi connectivity index (χ2v) is 26.2. The third-order valence-electron chi connectivity index (χ3n) is 21.7. The van der Waals surface area contributed by atoms with Crippen molar-refractivity contribution in [2.24, 2.45) is 52.3 Å². The van der Waals surface area contributed by atoms with Gasteiger partial charge in [-0.1, -0.05) is 27.7 Å². The van der Waals surface area contributed by atoms with Crippen LogP contribution in [0.2, 0.25) is 0 Å². The number of rotatable bonds is 13. The van der Waals surface area contributed by atoms with Crippen LogP contribution in [0, 0.1) is 52.3 Å². The van der Waals surface area contributed by atoms with E-state index in [9.17, 15) is 71.5 Å². The van der Waals surface area contributed by atoms with Crippen molar-refractivity contribution in [1.29, 1.82) is 0 Å². The van der Waals surface area contributed by atoms with Gasteiger partial charge in [0, 0.05) is 12.3 Å². The molecule has 466 valence electrons. The van der Waals surface area contributed by atoms with Crippen LogP contribution in [0.25, 0.3) is 0 Å². The highest BCUT2D eigenvalue weighted by atomic mass is 16.8. The standard InChI is InChI=1S/C55H90O26/c1-21-7-12-55(72-18-21)22(2)34-30(81-55)14-27-25-6-5-23-13-24(8-10-53(23,3)26(25)9-11-54(27,34)4)73-50-42(68)39(65)44(33(17-58)76-50)77-52-47(46(38(64)32(16-57)75-52)79-49-41(67)36(62)29(60)20-71-49)80-51-43(69)45(37(63)31(15-56)74-51)78-48-40(66)35(61)28(59)19-70-48/h21-52,56-69H,5-20H2,1-4H3/t21-,22+,23+,24+,25-,26+,27-,28-,29-,30+,31-,32-,33-,34+,35+,36+,37-,38-,39-,40-,41-,42-,43-,44+,45+,46+,47-,48+,49+,50-,51+,52+,53+,54+,55-/m1/s1. The van der Waals surface area contributed by atoms with Crippen molar-refractivity contribution < 1.29 is 128 Å². The summed E-state index contributed by atoms with van der Waals surface area (Å²) in [6, 6.07) is 0. The second kappa shape index (κ2) is 24.2. The van der Waals surface area contributed by atoms with Crippen LogP contribution < -0.4 is 0 Å². The van der Waals surface area contributed by atoms with E-state index in [0.29, 0.717) is 54.3 Å². The molecule has 0 bridgehead atoms. The molecular weight excluding hydrogens is 1080 g/mol. The molecule has 1 spiro atoms. The van der Waals surface area contributed by atoms with Gasteiger partial charge in [0.2, 0.25) is 0 Å². The van der Waals surface area contributed by atoms with E-state index in [1.54, 1.807) is 0 Å². The summed E-state index contributed by atoms with van der Waals surface area (Å²) in [6.45, 7) is 6.60. The topological polar surface area (TPSA) is 394 Å². The van der Waals surface area contributed by atoms with Gasteiger partial charge < -0.3 is 128 Å². The number of aliphatic hydroxyl groups excluding tert-OH is 14. The van der Waals surface area contributed by atoms with Gasteiger partial charge >= 0.3 is 0 Å². The first kappa shape index (κ1) is 61.6. The van der Waals surface area contributed by atoms with E-state index in [4.69, 9.17) is 56.8 Å². The Morgan fingerprint density at radius 3 is 1.64 bits per heavy atom. The minimum Gasteiger partial charge on any atom is -0.394 e. The van der Waals surface area contributed by atoms with Crippen LogP contribution >= 0.6 is 0 Å². The SMILES string of the molecule is C[C@@H]1CC[C@@]2(OC1)O[C@H]1C[C@@H]3[C@@H]4CC[C@H]5C[C@@H](O[C@@H]6O[C@H](CO)[C@H](O[C@@H]7O[C@H](CO)[C@@H](O)[C@H](O[C@@H]8OC[C@@H](O)[C@H](O)[C@H]8O)[C@H]7O[C@@H]7O[C@H](CO)[C@@H](O)[C@H](O[C@@H]8OC[C@@H](O)[C@H](O)[C@H]8O)[C@H]7O)[C@H](O)[C@H]6O)CC[C@]5(C)[C@H]4CC[C@]3(C)[C@H]1[C@@H]2C. The Morgan fingerprint density at radius 2 is 1.01 bits per heavy atom. The van der Waals surface area contributed by atoms with Crippen molar-refractivity contribution in [1.82, 2.24) is 0 Å². The molecule has 7 heterocycles. The predicted octanol–water partition coefficient (Wildman–Crippen LogP) is -3.81. The van der Waals surface area contributed by atoms with Gasteiger partial charge in [0.15, 0.2) is 37.2 Å². The lowest BCUT2D eigenvalue weighted by Gasteiger charge is -2.61. The second-order valence-electron chi connectivity index (χ2n) is 26.2. The Morgan fingerprint density at radius 1 is 0.457 bits per heavy atom. The van der Waals surface area contributed by atoms with Crippen LogP contribution in [0.4, 0.5) is 0 Å². The third-order valence-corrected chi connectivity index (χ3v) is 21.7. The lowest BCUT2D eigenvalue weighted by Crippen LogP contribution is -2.69. The van der Waals surface area contributed by atoms with Gasteiger partial charge in [-0.25, -0.2) is 0 Å². The molecule has 35 atom stereocenters. The fourth-order valence-corrected chi connectivity index (χ4v) is 17.1. The van der Waals surface area contributed by atoms with Crippen molar-refractivity contribution in [3.63, 3.8) is 0 Å². The fraction of sp³-hybridized carbons (Fsp3) is 1.00. The lowest BCUT2D eigenvalue weighted by molar-refractivity contribution is -0.408. The average Bonchev–Trinajstić information content (AvgIpc) is 4.01. The number of fused-ring (bicyclic) bond motifs is 7. The van der Waals surface area contributed by atoms with E-state index in [-0.39, 0.29) is 23.0 Å². The molecule has 0 unspecified atom stereocenters. The Kier molecular flexibility index (Phi) is 18.4. The van der Waals surface area contributed by atoms with Gasteiger partial charge in [-0.05, 0) is 104 Å². The van der Waals surface area contributed by atoms with Crippen LogP contribution in [0.1, 0.15) is 91.9 Å². The van der Waals surface area contributed by atoms with E-state index in [0.717, 1.165) is 58.0 Å². The van der Waals surface area contributed by atoms with Crippen LogP contribution in [0.5, 0.6) is 0 Å². The minimum atomic E-state index is -2.11. The highest BCUT2D eigenvalue weighted by molar-refractivity contribution is 5.16. The first-order valence-electron chi connectivity index (χ1n) is 29.7. The molecule has 0 aromatic heterocycles. The van der Waals surface area contributed by atoms with E-state index < -0.39 is 180 Å². The Bertz CT molecular complexity index is 2090. The molecule has 4 aliphatic carbocycles. The van der Waals surface area contributed by atoms with Gasteiger partial charge in [-0.3, -0.25) is 0 Å². The summed E-state index contributed by atoms with van der Waals surface area (Å²) in [5.41, 5.74) is 0.239. The fourth-order valence-electron chi connectivity index (χ4n) is 17.1. The summed E-state index contributed by atoms with van der Waals surface area (Å²) in [5, 5.41) is 153. The Hall–Kier alpha value is -1.04. The van der Waals surface area contributed by atoms with Crippen molar-refractivity contribution in [2.45, 2.75) is 251 Å². The zero-order valence-corrected chi connectivity index (χ0v) is 46.4. The molecule has 0 radical (unpaired) electrons. The van der Waals surface area contributed by atoms with E-state index in [1.165, 1.54) is 0 Å². The van der Waals surface area contributed by atoms with Gasteiger partial charge in [-0.15, -0.1) is 0 Å². The summed E-state index contributed by atoms with van der Waals surface area (Å²) < 4.78 is 73.3.